The van der Waals surface area contributed by atoms with Gasteiger partial charge in [0, 0.05) is 6.54 Å². The summed E-state index contributed by atoms with van der Waals surface area (Å²) in [6.45, 7) is 7.55. The van der Waals surface area contributed by atoms with Crippen LogP contribution in [-0.4, -0.2) is 35.1 Å². The van der Waals surface area contributed by atoms with Gasteiger partial charge >= 0.3 is 5.97 Å². The molecule has 13 heavy (non-hydrogen) atoms. The summed E-state index contributed by atoms with van der Waals surface area (Å²) in [6.07, 6.45) is 2.71. The highest BCUT2D eigenvalue weighted by atomic mass is 16.4. The molecule has 74 valence electrons. The van der Waals surface area contributed by atoms with Crippen molar-refractivity contribution < 1.29 is 9.90 Å². The van der Waals surface area contributed by atoms with Gasteiger partial charge in [-0.15, -0.1) is 6.58 Å². The fraction of sp³-hybridized carbons (Fsp3) is 0.700. The zero-order chi connectivity index (χ0) is 9.84. The minimum atomic E-state index is -0.681. The third-order valence-electron chi connectivity index (χ3n) is 2.47. The van der Waals surface area contributed by atoms with E-state index in [4.69, 9.17) is 5.11 Å². The van der Waals surface area contributed by atoms with Crippen molar-refractivity contribution in [3.05, 3.63) is 12.2 Å². The van der Waals surface area contributed by atoms with Crippen LogP contribution in [0.1, 0.15) is 26.2 Å². The molecule has 0 amide bonds. The first-order chi connectivity index (χ1) is 6.11. The quantitative estimate of drug-likeness (QED) is 0.671. The van der Waals surface area contributed by atoms with E-state index in [1.807, 2.05) is 11.8 Å². The lowest BCUT2D eigenvalue weighted by Gasteiger charge is -2.20. The molecule has 3 nitrogen and oxygen atoms in total. The Balaban J connectivity index is 2.39. The molecule has 1 fully saturated rings. The number of rotatable bonds is 4. The summed E-state index contributed by atoms with van der Waals surface area (Å²) in [5.74, 6) is -0.681. The lowest BCUT2D eigenvalue weighted by molar-refractivity contribution is -0.142. The van der Waals surface area contributed by atoms with Gasteiger partial charge in [-0.2, -0.15) is 0 Å². The normalized spacial score (nSPS) is 23.3. The first-order valence-electron chi connectivity index (χ1n) is 4.72. The van der Waals surface area contributed by atoms with Crippen LogP contribution in [0.4, 0.5) is 0 Å². The molecule has 0 radical (unpaired) electrons. The fourth-order valence-corrected chi connectivity index (χ4v) is 1.71. The molecule has 1 saturated heterocycles. The number of carboxylic acid groups (broad SMARTS) is 1. The number of likely N-dealkylation sites (tertiary alicyclic amines) is 1. The SMILES string of the molecule is C=C(C)CCN1CCCC1C(=O)O. The van der Waals surface area contributed by atoms with E-state index < -0.39 is 5.97 Å². The highest BCUT2D eigenvalue weighted by Crippen LogP contribution is 2.18. The summed E-state index contributed by atoms with van der Waals surface area (Å²) in [7, 11) is 0. The Kier molecular flexibility index (Phi) is 3.48. The molecule has 1 aliphatic heterocycles. The number of carboxylic acids is 1. The summed E-state index contributed by atoms with van der Waals surface area (Å²) in [5, 5.41) is 8.88. The highest BCUT2D eigenvalue weighted by molar-refractivity contribution is 5.73. The maximum atomic E-state index is 10.8. The summed E-state index contributed by atoms with van der Waals surface area (Å²) in [6, 6.07) is -0.251. The van der Waals surface area contributed by atoms with Gasteiger partial charge in [-0.3, -0.25) is 9.69 Å². The molecule has 0 saturated carbocycles. The van der Waals surface area contributed by atoms with E-state index in [2.05, 4.69) is 6.58 Å². The molecular formula is C10H17NO2. The lowest BCUT2D eigenvalue weighted by atomic mass is 10.2. The van der Waals surface area contributed by atoms with Gasteiger partial charge in [-0.25, -0.2) is 0 Å². The first-order valence-corrected chi connectivity index (χ1v) is 4.72. The molecular weight excluding hydrogens is 166 g/mol. The molecule has 3 heteroatoms. The van der Waals surface area contributed by atoms with Crippen molar-refractivity contribution >= 4 is 5.97 Å². The van der Waals surface area contributed by atoms with E-state index in [1.165, 1.54) is 0 Å². The van der Waals surface area contributed by atoms with Crippen LogP contribution in [-0.2, 0) is 4.79 Å². The van der Waals surface area contributed by atoms with E-state index in [-0.39, 0.29) is 6.04 Å². The molecule has 0 bridgehead atoms. The molecule has 1 rings (SSSR count). The second-order valence-electron chi connectivity index (χ2n) is 3.74. The third-order valence-corrected chi connectivity index (χ3v) is 2.47. The van der Waals surface area contributed by atoms with E-state index in [1.54, 1.807) is 0 Å². The van der Waals surface area contributed by atoms with Crippen LogP contribution in [0, 0.1) is 0 Å². The average Bonchev–Trinajstić information content (AvgIpc) is 2.47. The minimum Gasteiger partial charge on any atom is -0.480 e. The van der Waals surface area contributed by atoms with Crippen molar-refractivity contribution in [3.8, 4) is 0 Å². The summed E-state index contributed by atoms with van der Waals surface area (Å²) in [5.41, 5.74) is 1.12. The van der Waals surface area contributed by atoms with Gasteiger partial charge in [0.15, 0.2) is 0 Å². The van der Waals surface area contributed by atoms with Gasteiger partial charge < -0.3 is 5.11 Å². The maximum Gasteiger partial charge on any atom is 0.320 e. The number of carbonyl (C=O) groups is 1. The molecule has 1 N–H and O–H groups in total. The molecule has 0 aromatic carbocycles. The topological polar surface area (TPSA) is 40.5 Å². The predicted molar refractivity (Wildman–Crippen MR) is 51.7 cm³/mol. The Morgan fingerprint density at radius 1 is 1.69 bits per heavy atom. The second-order valence-corrected chi connectivity index (χ2v) is 3.74. The van der Waals surface area contributed by atoms with Crippen LogP contribution in [0.15, 0.2) is 12.2 Å². The van der Waals surface area contributed by atoms with Gasteiger partial charge in [0.25, 0.3) is 0 Å². The molecule has 0 aromatic heterocycles. The van der Waals surface area contributed by atoms with E-state index in [0.717, 1.165) is 37.9 Å². The van der Waals surface area contributed by atoms with Crippen molar-refractivity contribution in [2.75, 3.05) is 13.1 Å². The Hall–Kier alpha value is -0.830. The van der Waals surface area contributed by atoms with E-state index in [9.17, 15) is 4.79 Å². The summed E-state index contributed by atoms with van der Waals surface area (Å²) < 4.78 is 0. The van der Waals surface area contributed by atoms with Crippen LogP contribution >= 0.6 is 0 Å². The van der Waals surface area contributed by atoms with Crippen LogP contribution in [0.3, 0.4) is 0 Å². The van der Waals surface area contributed by atoms with Crippen molar-refractivity contribution in [1.82, 2.24) is 4.90 Å². The lowest BCUT2D eigenvalue weighted by Crippen LogP contribution is -2.36. The van der Waals surface area contributed by atoms with Crippen LogP contribution < -0.4 is 0 Å². The second kappa shape index (κ2) is 4.42. The average molecular weight is 183 g/mol. The smallest absolute Gasteiger partial charge is 0.320 e. The molecule has 1 unspecified atom stereocenters. The zero-order valence-corrected chi connectivity index (χ0v) is 8.12. The van der Waals surface area contributed by atoms with Gasteiger partial charge in [0.05, 0.1) is 0 Å². The van der Waals surface area contributed by atoms with Crippen molar-refractivity contribution in [2.24, 2.45) is 0 Å². The third kappa shape index (κ3) is 2.84. The number of hydrogen-bond donors (Lipinski definition) is 1. The maximum absolute atomic E-state index is 10.8. The molecule has 1 heterocycles. The Morgan fingerprint density at radius 2 is 2.38 bits per heavy atom. The standard InChI is InChI=1S/C10H17NO2/c1-8(2)5-7-11-6-3-4-9(11)10(12)13/h9H,1,3-7H2,2H3,(H,12,13). The zero-order valence-electron chi connectivity index (χ0n) is 8.12. The largest absolute Gasteiger partial charge is 0.480 e. The minimum absolute atomic E-state index is 0.251. The molecule has 1 aliphatic rings. The number of hydrogen-bond acceptors (Lipinski definition) is 2. The van der Waals surface area contributed by atoms with Gasteiger partial charge in [-0.05, 0) is 32.7 Å². The Bertz CT molecular complexity index is 213. The predicted octanol–water partition coefficient (Wildman–Crippen LogP) is 1.50. The van der Waals surface area contributed by atoms with Crippen LogP contribution in [0.25, 0.3) is 0 Å². The van der Waals surface area contributed by atoms with Crippen molar-refractivity contribution in [2.45, 2.75) is 32.2 Å². The molecule has 0 spiro atoms. The Labute approximate surface area is 79.0 Å². The van der Waals surface area contributed by atoms with Crippen LogP contribution in [0.5, 0.6) is 0 Å². The van der Waals surface area contributed by atoms with Crippen molar-refractivity contribution in [3.63, 3.8) is 0 Å². The number of nitrogens with zero attached hydrogens (tertiary/aromatic N) is 1. The van der Waals surface area contributed by atoms with Gasteiger partial charge in [-0.1, -0.05) is 5.57 Å². The summed E-state index contributed by atoms with van der Waals surface area (Å²) >= 11 is 0. The van der Waals surface area contributed by atoms with Gasteiger partial charge in [0.1, 0.15) is 6.04 Å². The highest BCUT2D eigenvalue weighted by Gasteiger charge is 2.29. The van der Waals surface area contributed by atoms with E-state index >= 15 is 0 Å². The van der Waals surface area contributed by atoms with E-state index in [0.29, 0.717) is 0 Å². The molecule has 0 aromatic rings. The van der Waals surface area contributed by atoms with Gasteiger partial charge in [0.2, 0.25) is 0 Å². The Morgan fingerprint density at radius 3 is 2.92 bits per heavy atom. The first kappa shape index (κ1) is 10.3. The fourth-order valence-electron chi connectivity index (χ4n) is 1.71. The molecule has 0 aliphatic carbocycles. The van der Waals surface area contributed by atoms with Crippen molar-refractivity contribution in [1.29, 1.82) is 0 Å². The molecule has 1 atom stereocenters. The van der Waals surface area contributed by atoms with Crippen LogP contribution in [0.2, 0.25) is 0 Å². The summed E-state index contributed by atoms with van der Waals surface area (Å²) in [4.78, 5) is 12.8. The number of aliphatic carboxylic acids is 1. The monoisotopic (exact) mass is 183 g/mol.